The van der Waals surface area contributed by atoms with Crippen LogP contribution in [0.5, 0.6) is 5.75 Å². The van der Waals surface area contributed by atoms with Crippen LogP contribution in [0.2, 0.25) is 5.02 Å². The molecule has 0 aliphatic rings. The van der Waals surface area contributed by atoms with Crippen molar-refractivity contribution < 1.29 is 32.2 Å². The number of hydrogen-bond acceptors (Lipinski definition) is 7. The molecule has 1 N–H and O–H groups in total. The third-order valence-electron chi connectivity index (χ3n) is 6.34. The van der Waals surface area contributed by atoms with Crippen LogP contribution in [-0.2, 0) is 6.54 Å². The van der Waals surface area contributed by atoms with Crippen LogP contribution in [0.4, 0.5) is 17.6 Å². The average molecular weight is 603 g/mol. The summed E-state index contributed by atoms with van der Waals surface area (Å²) in [6, 6.07) is 7.81. The molecule has 41 heavy (non-hydrogen) atoms. The summed E-state index contributed by atoms with van der Waals surface area (Å²) in [5.41, 5.74) is -2.89. The SMILES string of the molecule is Cc1nc2c(F)c(F)c(C(F)F)c(C#N)c2c(=O)n1CCOc1ccc(Cl)cc1-c1ccnc2c(C(=O)O)csc12. The van der Waals surface area contributed by atoms with Gasteiger partial charge < -0.3 is 9.84 Å². The van der Waals surface area contributed by atoms with Crippen molar-refractivity contribution in [1.29, 1.82) is 5.26 Å². The summed E-state index contributed by atoms with van der Waals surface area (Å²) in [6.07, 6.45) is -2.09. The number of nitrogens with zero attached hydrogens (tertiary/aromatic N) is 4. The van der Waals surface area contributed by atoms with Crippen LogP contribution < -0.4 is 10.3 Å². The van der Waals surface area contributed by atoms with E-state index in [0.717, 1.165) is 4.57 Å². The van der Waals surface area contributed by atoms with Gasteiger partial charge in [0.2, 0.25) is 0 Å². The van der Waals surface area contributed by atoms with Gasteiger partial charge in [-0.05, 0) is 31.2 Å². The minimum atomic E-state index is -3.54. The number of alkyl halides is 2. The number of fused-ring (bicyclic) bond motifs is 2. The molecule has 0 saturated heterocycles. The maximum Gasteiger partial charge on any atom is 0.338 e. The number of hydrogen-bond donors (Lipinski definition) is 1. The van der Waals surface area contributed by atoms with Gasteiger partial charge in [-0.2, -0.15) is 5.26 Å². The van der Waals surface area contributed by atoms with Crippen molar-refractivity contribution in [1.82, 2.24) is 14.5 Å². The van der Waals surface area contributed by atoms with E-state index in [1.54, 1.807) is 24.3 Å². The van der Waals surface area contributed by atoms with E-state index in [1.807, 2.05) is 0 Å². The van der Waals surface area contributed by atoms with Crippen molar-refractivity contribution in [3.63, 3.8) is 0 Å². The number of aromatic nitrogens is 3. The predicted octanol–water partition coefficient (Wildman–Crippen LogP) is 6.50. The second-order valence-electron chi connectivity index (χ2n) is 8.65. The van der Waals surface area contributed by atoms with E-state index in [4.69, 9.17) is 16.3 Å². The van der Waals surface area contributed by atoms with Crippen LogP contribution in [-0.4, -0.2) is 32.2 Å². The van der Waals surface area contributed by atoms with Crippen LogP contribution >= 0.6 is 22.9 Å². The lowest BCUT2D eigenvalue weighted by Gasteiger charge is -2.16. The number of nitriles is 1. The highest BCUT2D eigenvalue weighted by Crippen LogP contribution is 2.39. The van der Waals surface area contributed by atoms with E-state index >= 15 is 0 Å². The van der Waals surface area contributed by atoms with Crippen molar-refractivity contribution in [3.05, 3.63) is 85.4 Å². The van der Waals surface area contributed by atoms with Crippen molar-refractivity contribution in [2.75, 3.05) is 6.61 Å². The Kier molecular flexibility index (Phi) is 7.37. The monoisotopic (exact) mass is 602 g/mol. The quantitative estimate of drug-likeness (QED) is 0.211. The molecule has 0 atom stereocenters. The highest BCUT2D eigenvalue weighted by molar-refractivity contribution is 7.18. The molecule has 0 spiro atoms. The summed E-state index contributed by atoms with van der Waals surface area (Å²) < 4.78 is 63.4. The number of benzene rings is 2. The molecule has 3 heterocycles. The summed E-state index contributed by atoms with van der Waals surface area (Å²) in [5, 5.41) is 20.0. The van der Waals surface area contributed by atoms with Crippen LogP contribution in [0.15, 0.2) is 40.6 Å². The number of rotatable bonds is 7. The number of carboxylic acid groups (broad SMARTS) is 1. The van der Waals surface area contributed by atoms with Gasteiger partial charge in [0, 0.05) is 27.7 Å². The first-order valence-electron chi connectivity index (χ1n) is 11.7. The average Bonchev–Trinajstić information content (AvgIpc) is 3.38. The van der Waals surface area contributed by atoms with E-state index in [2.05, 4.69) is 9.97 Å². The summed E-state index contributed by atoms with van der Waals surface area (Å²) in [6.45, 7) is 0.968. The molecule has 0 saturated carbocycles. The zero-order chi connectivity index (χ0) is 29.6. The zero-order valence-corrected chi connectivity index (χ0v) is 22.3. The van der Waals surface area contributed by atoms with Crippen LogP contribution in [0, 0.1) is 29.9 Å². The Morgan fingerprint density at radius 3 is 2.66 bits per heavy atom. The number of aromatic carboxylic acids is 1. The number of carbonyl (C=O) groups is 1. The third kappa shape index (κ3) is 4.75. The Morgan fingerprint density at radius 2 is 1.98 bits per heavy atom. The lowest BCUT2D eigenvalue weighted by atomic mass is 10.0. The normalized spacial score (nSPS) is 11.4. The van der Waals surface area contributed by atoms with Gasteiger partial charge in [-0.1, -0.05) is 11.6 Å². The highest BCUT2D eigenvalue weighted by atomic mass is 35.5. The van der Waals surface area contributed by atoms with Crippen LogP contribution in [0.3, 0.4) is 0 Å². The summed E-state index contributed by atoms with van der Waals surface area (Å²) in [5.74, 6) is -4.55. The molecule has 0 aliphatic carbocycles. The minimum Gasteiger partial charge on any atom is -0.491 e. The molecule has 8 nitrogen and oxygen atoms in total. The highest BCUT2D eigenvalue weighted by Gasteiger charge is 2.29. The molecule has 0 radical (unpaired) electrons. The third-order valence-corrected chi connectivity index (χ3v) is 7.57. The lowest BCUT2D eigenvalue weighted by molar-refractivity contribution is 0.0699. The fourth-order valence-corrected chi connectivity index (χ4v) is 5.68. The molecule has 0 bridgehead atoms. The summed E-state index contributed by atoms with van der Waals surface area (Å²) in [4.78, 5) is 32.9. The molecular weight excluding hydrogens is 588 g/mol. The number of halogens is 5. The van der Waals surface area contributed by atoms with Gasteiger partial charge in [0.05, 0.1) is 38.8 Å². The molecule has 0 aliphatic heterocycles. The van der Waals surface area contributed by atoms with E-state index in [-0.39, 0.29) is 30.1 Å². The molecule has 0 unspecified atom stereocenters. The zero-order valence-electron chi connectivity index (χ0n) is 20.7. The number of thiophene rings is 1. The Balaban J connectivity index is 1.53. The van der Waals surface area contributed by atoms with E-state index in [0.29, 0.717) is 26.6 Å². The smallest absolute Gasteiger partial charge is 0.338 e. The molecule has 0 amide bonds. The fraction of sp³-hybridized carbons (Fsp3) is 0.148. The lowest BCUT2D eigenvalue weighted by Crippen LogP contribution is -2.28. The molecular formula is C27H15ClF4N4O4S. The first kappa shape index (κ1) is 28.0. The standard InChI is InChI=1S/C27H15ClF4N4O4S/c1-11-35-23-19(15(9-33)18(25(31)32)20(29)21(23)30)26(37)36(11)6-7-40-17-3-2-12(28)8-14(17)13-4-5-34-22-16(27(38)39)10-41-24(13)22/h2-5,8,10,25H,6-7H2,1H3,(H,38,39). The van der Waals surface area contributed by atoms with Gasteiger partial charge in [0.25, 0.3) is 12.0 Å². The van der Waals surface area contributed by atoms with Crippen LogP contribution in [0.25, 0.3) is 32.2 Å². The van der Waals surface area contributed by atoms with Gasteiger partial charge >= 0.3 is 5.97 Å². The van der Waals surface area contributed by atoms with Gasteiger partial charge in [0.15, 0.2) is 11.6 Å². The van der Waals surface area contributed by atoms with Crippen molar-refractivity contribution in [2.45, 2.75) is 19.9 Å². The summed E-state index contributed by atoms with van der Waals surface area (Å²) >= 11 is 7.42. The Hall–Kier alpha value is -4.54. The number of pyridine rings is 1. The fourth-order valence-electron chi connectivity index (χ4n) is 4.48. The van der Waals surface area contributed by atoms with Crippen molar-refractivity contribution in [2.24, 2.45) is 0 Å². The van der Waals surface area contributed by atoms with E-state index < -0.39 is 51.6 Å². The largest absolute Gasteiger partial charge is 0.491 e. The Morgan fingerprint density at radius 1 is 1.22 bits per heavy atom. The van der Waals surface area contributed by atoms with E-state index in [9.17, 15) is 37.5 Å². The topological polar surface area (TPSA) is 118 Å². The second kappa shape index (κ2) is 10.8. The number of carboxylic acids is 1. The molecule has 5 aromatic rings. The molecule has 5 rings (SSSR count). The number of ether oxygens (including phenoxy) is 1. The van der Waals surface area contributed by atoms with Crippen molar-refractivity contribution in [3.8, 4) is 22.9 Å². The number of aryl methyl sites for hydroxylation is 1. The molecule has 208 valence electrons. The van der Waals surface area contributed by atoms with Gasteiger partial charge in [-0.15, -0.1) is 11.3 Å². The minimum absolute atomic E-state index is 0.0399. The van der Waals surface area contributed by atoms with Gasteiger partial charge in [-0.3, -0.25) is 14.3 Å². The predicted molar refractivity (Wildman–Crippen MR) is 143 cm³/mol. The maximum absolute atomic E-state index is 14.6. The van der Waals surface area contributed by atoms with Gasteiger partial charge in [-0.25, -0.2) is 27.3 Å². The molecule has 3 aromatic heterocycles. The van der Waals surface area contributed by atoms with Crippen LogP contribution in [0.1, 0.15) is 33.7 Å². The van der Waals surface area contributed by atoms with E-state index in [1.165, 1.54) is 35.9 Å². The summed E-state index contributed by atoms with van der Waals surface area (Å²) in [7, 11) is 0. The maximum atomic E-state index is 14.6. The molecule has 0 fully saturated rings. The van der Waals surface area contributed by atoms with Gasteiger partial charge in [0.1, 0.15) is 29.8 Å². The first-order valence-corrected chi connectivity index (χ1v) is 12.9. The first-order chi connectivity index (χ1) is 19.5. The molecule has 14 heteroatoms. The second-order valence-corrected chi connectivity index (χ2v) is 9.96. The Labute approximate surface area is 236 Å². The Bertz CT molecular complexity index is 1990. The van der Waals surface area contributed by atoms with Crippen molar-refractivity contribution >= 4 is 50.0 Å². The molecule has 2 aromatic carbocycles.